The SMILES string of the molecule is O=C(C1CCCCC1)N1CCS(=O)c2ccccc21. The molecule has 1 fully saturated rings. The van der Waals surface area contributed by atoms with Gasteiger partial charge in [0.1, 0.15) is 0 Å². The average Bonchev–Trinajstić information content (AvgIpc) is 2.48. The van der Waals surface area contributed by atoms with Gasteiger partial charge in [-0.15, -0.1) is 0 Å². The number of carbonyl (C=O) groups is 1. The third-order valence-corrected chi connectivity index (χ3v) is 5.51. The first-order valence-corrected chi connectivity index (χ1v) is 8.38. The molecular weight excluding hydrogens is 258 g/mol. The van der Waals surface area contributed by atoms with E-state index >= 15 is 0 Å². The second-order valence-electron chi connectivity index (χ2n) is 5.34. The first-order valence-electron chi connectivity index (χ1n) is 7.06. The number of fused-ring (bicyclic) bond motifs is 1. The second-order valence-corrected chi connectivity index (χ2v) is 6.88. The number of anilines is 1. The van der Waals surface area contributed by atoms with Crippen LogP contribution in [0.15, 0.2) is 29.2 Å². The van der Waals surface area contributed by atoms with Gasteiger partial charge < -0.3 is 4.90 Å². The van der Waals surface area contributed by atoms with Gasteiger partial charge in [0.25, 0.3) is 0 Å². The lowest BCUT2D eigenvalue weighted by atomic mass is 9.88. The Hall–Kier alpha value is -1.16. The van der Waals surface area contributed by atoms with E-state index in [4.69, 9.17) is 0 Å². The molecule has 0 radical (unpaired) electrons. The number of hydrogen-bond donors (Lipinski definition) is 0. The Bertz CT molecular complexity index is 509. The van der Waals surface area contributed by atoms with Crippen LogP contribution >= 0.6 is 0 Å². The lowest BCUT2D eigenvalue weighted by Crippen LogP contribution is -2.42. The summed E-state index contributed by atoms with van der Waals surface area (Å²) in [5, 5.41) is 0. The highest BCUT2D eigenvalue weighted by Gasteiger charge is 2.31. The maximum atomic E-state index is 12.6. The molecule has 1 aliphatic heterocycles. The Labute approximate surface area is 116 Å². The van der Waals surface area contributed by atoms with Crippen molar-refractivity contribution < 1.29 is 9.00 Å². The van der Waals surface area contributed by atoms with Crippen molar-refractivity contribution in [2.24, 2.45) is 5.92 Å². The molecule has 1 heterocycles. The Balaban J connectivity index is 1.87. The summed E-state index contributed by atoms with van der Waals surface area (Å²) >= 11 is 0. The Morgan fingerprint density at radius 1 is 1.16 bits per heavy atom. The Morgan fingerprint density at radius 3 is 2.68 bits per heavy atom. The molecule has 1 aliphatic carbocycles. The third kappa shape index (κ3) is 2.46. The topological polar surface area (TPSA) is 37.4 Å². The second kappa shape index (κ2) is 5.45. The summed E-state index contributed by atoms with van der Waals surface area (Å²) in [6.07, 6.45) is 5.61. The molecule has 0 bridgehead atoms. The summed E-state index contributed by atoms with van der Waals surface area (Å²) < 4.78 is 12.0. The Kier molecular flexibility index (Phi) is 3.69. The quantitative estimate of drug-likeness (QED) is 0.791. The summed E-state index contributed by atoms with van der Waals surface area (Å²) in [6.45, 7) is 0.596. The lowest BCUT2D eigenvalue weighted by Gasteiger charge is -2.33. The molecule has 2 aliphatic rings. The number of benzene rings is 1. The molecule has 4 heteroatoms. The molecule has 3 rings (SSSR count). The molecule has 1 amide bonds. The fraction of sp³-hybridized carbons (Fsp3) is 0.533. The number of hydrogen-bond acceptors (Lipinski definition) is 2. The van der Waals surface area contributed by atoms with Crippen molar-refractivity contribution in [2.75, 3.05) is 17.2 Å². The van der Waals surface area contributed by atoms with Gasteiger partial charge in [0.05, 0.1) is 21.4 Å². The molecule has 19 heavy (non-hydrogen) atoms. The number of amides is 1. The normalized spacial score (nSPS) is 24.0. The van der Waals surface area contributed by atoms with E-state index in [9.17, 15) is 9.00 Å². The standard InChI is InChI=1S/C15H19NO2S/c17-15(12-6-2-1-3-7-12)16-10-11-19(18)14-9-5-4-8-13(14)16/h4-5,8-9,12H,1-3,6-7,10-11H2. The van der Waals surface area contributed by atoms with E-state index in [0.29, 0.717) is 12.3 Å². The first-order chi connectivity index (χ1) is 9.27. The number of para-hydroxylation sites is 1. The summed E-state index contributed by atoms with van der Waals surface area (Å²) in [5.74, 6) is 0.979. The minimum atomic E-state index is -0.951. The van der Waals surface area contributed by atoms with Crippen LogP contribution in [-0.4, -0.2) is 22.4 Å². The van der Waals surface area contributed by atoms with Crippen LogP contribution < -0.4 is 4.90 Å². The van der Waals surface area contributed by atoms with Crippen LogP contribution in [0.1, 0.15) is 32.1 Å². The zero-order valence-corrected chi connectivity index (χ0v) is 11.8. The number of carbonyl (C=O) groups excluding carboxylic acids is 1. The monoisotopic (exact) mass is 277 g/mol. The summed E-state index contributed by atoms with van der Waals surface area (Å²) in [7, 11) is -0.951. The van der Waals surface area contributed by atoms with E-state index in [0.717, 1.165) is 36.3 Å². The molecular formula is C15H19NO2S. The van der Waals surface area contributed by atoms with Crippen LogP contribution in [0, 0.1) is 5.92 Å². The van der Waals surface area contributed by atoms with Crippen molar-refractivity contribution >= 4 is 22.4 Å². The molecule has 1 saturated carbocycles. The van der Waals surface area contributed by atoms with Gasteiger partial charge >= 0.3 is 0 Å². The first kappa shape index (κ1) is 12.9. The number of nitrogens with zero attached hydrogens (tertiary/aromatic N) is 1. The van der Waals surface area contributed by atoms with Gasteiger partial charge in [-0.05, 0) is 25.0 Å². The molecule has 1 atom stereocenters. The van der Waals surface area contributed by atoms with E-state index in [1.54, 1.807) is 0 Å². The zero-order chi connectivity index (χ0) is 13.2. The molecule has 102 valence electrons. The van der Waals surface area contributed by atoms with Crippen molar-refractivity contribution in [1.29, 1.82) is 0 Å². The predicted molar refractivity (Wildman–Crippen MR) is 76.6 cm³/mol. The van der Waals surface area contributed by atoms with E-state index in [2.05, 4.69) is 0 Å². The third-order valence-electron chi connectivity index (χ3n) is 4.12. The van der Waals surface area contributed by atoms with Gasteiger partial charge in [0, 0.05) is 18.2 Å². The highest BCUT2D eigenvalue weighted by atomic mass is 32.2. The van der Waals surface area contributed by atoms with Crippen molar-refractivity contribution in [3.05, 3.63) is 24.3 Å². The van der Waals surface area contributed by atoms with Crippen LogP contribution in [0.3, 0.4) is 0 Å². The van der Waals surface area contributed by atoms with Crippen molar-refractivity contribution in [3.63, 3.8) is 0 Å². The Morgan fingerprint density at radius 2 is 1.89 bits per heavy atom. The van der Waals surface area contributed by atoms with Gasteiger partial charge in [0.15, 0.2) is 0 Å². The molecule has 0 saturated heterocycles. The van der Waals surface area contributed by atoms with Crippen molar-refractivity contribution in [2.45, 2.75) is 37.0 Å². The molecule has 0 spiro atoms. The molecule has 3 nitrogen and oxygen atoms in total. The molecule has 1 aromatic rings. The van der Waals surface area contributed by atoms with E-state index in [1.807, 2.05) is 29.2 Å². The molecule has 0 N–H and O–H groups in total. The van der Waals surface area contributed by atoms with Crippen LogP contribution in [0.2, 0.25) is 0 Å². The predicted octanol–water partition coefficient (Wildman–Crippen LogP) is 2.72. The van der Waals surface area contributed by atoms with Gasteiger partial charge in [-0.1, -0.05) is 31.4 Å². The van der Waals surface area contributed by atoms with E-state index in [-0.39, 0.29) is 11.8 Å². The van der Waals surface area contributed by atoms with E-state index < -0.39 is 10.8 Å². The van der Waals surface area contributed by atoms with Crippen LogP contribution in [-0.2, 0) is 15.6 Å². The summed E-state index contributed by atoms with van der Waals surface area (Å²) in [4.78, 5) is 15.3. The van der Waals surface area contributed by atoms with Crippen LogP contribution in [0.25, 0.3) is 0 Å². The summed E-state index contributed by atoms with van der Waals surface area (Å²) in [6, 6.07) is 7.62. The fourth-order valence-electron chi connectivity index (χ4n) is 3.08. The molecule has 1 aromatic carbocycles. The number of rotatable bonds is 1. The average molecular weight is 277 g/mol. The van der Waals surface area contributed by atoms with Gasteiger partial charge in [0.2, 0.25) is 5.91 Å². The maximum Gasteiger partial charge on any atom is 0.230 e. The van der Waals surface area contributed by atoms with Crippen molar-refractivity contribution in [3.8, 4) is 0 Å². The van der Waals surface area contributed by atoms with Gasteiger partial charge in [-0.3, -0.25) is 9.00 Å². The zero-order valence-electron chi connectivity index (χ0n) is 11.0. The minimum Gasteiger partial charge on any atom is -0.310 e. The van der Waals surface area contributed by atoms with Gasteiger partial charge in [-0.2, -0.15) is 0 Å². The highest BCUT2D eigenvalue weighted by Crippen LogP contribution is 2.32. The molecule has 1 unspecified atom stereocenters. The summed E-state index contributed by atoms with van der Waals surface area (Å²) in [5.41, 5.74) is 0.864. The van der Waals surface area contributed by atoms with Crippen LogP contribution in [0.5, 0.6) is 0 Å². The molecule has 0 aromatic heterocycles. The van der Waals surface area contributed by atoms with Crippen LogP contribution in [0.4, 0.5) is 5.69 Å². The van der Waals surface area contributed by atoms with Crippen molar-refractivity contribution in [1.82, 2.24) is 0 Å². The smallest absolute Gasteiger partial charge is 0.230 e. The van der Waals surface area contributed by atoms with E-state index in [1.165, 1.54) is 6.42 Å². The van der Waals surface area contributed by atoms with Gasteiger partial charge in [-0.25, -0.2) is 0 Å². The fourth-order valence-corrected chi connectivity index (χ4v) is 4.29. The maximum absolute atomic E-state index is 12.6. The largest absolute Gasteiger partial charge is 0.310 e. The lowest BCUT2D eigenvalue weighted by molar-refractivity contribution is -0.123. The highest BCUT2D eigenvalue weighted by molar-refractivity contribution is 7.85. The minimum absolute atomic E-state index is 0.174.